The van der Waals surface area contributed by atoms with Gasteiger partial charge in [-0.3, -0.25) is 9.89 Å². The Morgan fingerprint density at radius 1 is 1.29 bits per heavy atom. The number of nitrogen functional groups attached to an aromatic ring is 1. The third kappa shape index (κ3) is 2.64. The van der Waals surface area contributed by atoms with Crippen molar-refractivity contribution in [2.75, 3.05) is 5.73 Å². The molecule has 0 saturated heterocycles. The van der Waals surface area contributed by atoms with E-state index in [0.29, 0.717) is 17.9 Å². The lowest BCUT2D eigenvalue weighted by molar-refractivity contribution is 0.0951. The number of hydrogen-bond donors (Lipinski definition) is 4. The number of nitrogens with one attached hydrogen (secondary N) is 2. The number of carbonyl (C=O) groups is 1. The molecule has 5 N–H and O–H groups in total. The Labute approximate surface area is 120 Å². The molecule has 2 aromatic carbocycles. The molecule has 0 aliphatic heterocycles. The third-order valence-electron chi connectivity index (χ3n) is 3.22. The minimum Gasteiger partial charge on any atom is -0.508 e. The van der Waals surface area contributed by atoms with Crippen LogP contribution in [0.4, 0.5) is 5.82 Å². The number of aromatic amines is 1. The van der Waals surface area contributed by atoms with Gasteiger partial charge in [0.1, 0.15) is 5.75 Å². The quantitative estimate of drug-likeness (QED) is 0.587. The average molecular weight is 282 g/mol. The molecule has 1 heterocycles. The Morgan fingerprint density at radius 3 is 2.95 bits per heavy atom. The number of phenolic OH excluding ortho intramolecular Hbond substituents is 1. The molecule has 0 fully saturated rings. The first-order chi connectivity index (χ1) is 10.1. The molecule has 0 spiro atoms. The summed E-state index contributed by atoms with van der Waals surface area (Å²) in [6.45, 7) is 0.339. The van der Waals surface area contributed by atoms with Gasteiger partial charge in [0.2, 0.25) is 0 Å². The van der Waals surface area contributed by atoms with E-state index in [0.717, 1.165) is 16.5 Å². The van der Waals surface area contributed by atoms with Gasteiger partial charge in [0.25, 0.3) is 5.91 Å². The fourth-order valence-electron chi connectivity index (χ4n) is 2.13. The van der Waals surface area contributed by atoms with E-state index in [2.05, 4.69) is 15.5 Å². The van der Waals surface area contributed by atoms with Crippen molar-refractivity contribution in [2.24, 2.45) is 0 Å². The molecule has 0 radical (unpaired) electrons. The van der Waals surface area contributed by atoms with E-state index in [4.69, 9.17) is 5.73 Å². The maximum Gasteiger partial charge on any atom is 0.251 e. The number of rotatable bonds is 3. The number of aromatic nitrogens is 2. The summed E-state index contributed by atoms with van der Waals surface area (Å²) in [5, 5.41) is 19.6. The lowest BCUT2D eigenvalue weighted by Crippen LogP contribution is -2.22. The van der Waals surface area contributed by atoms with Crippen LogP contribution in [0.1, 0.15) is 15.9 Å². The van der Waals surface area contributed by atoms with Crippen molar-refractivity contribution in [3.63, 3.8) is 0 Å². The summed E-state index contributed by atoms with van der Waals surface area (Å²) in [7, 11) is 0. The number of amides is 1. The number of phenols is 1. The van der Waals surface area contributed by atoms with E-state index in [1.165, 1.54) is 0 Å². The van der Waals surface area contributed by atoms with Gasteiger partial charge in [0.15, 0.2) is 5.82 Å². The summed E-state index contributed by atoms with van der Waals surface area (Å²) < 4.78 is 0. The normalized spacial score (nSPS) is 10.7. The lowest BCUT2D eigenvalue weighted by Gasteiger charge is -2.06. The Morgan fingerprint density at radius 2 is 2.14 bits per heavy atom. The highest BCUT2D eigenvalue weighted by Gasteiger charge is 2.09. The van der Waals surface area contributed by atoms with Gasteiger partial charge in [0.05, 0.1) is 5.52 Å². The number of hydrogen-bond acceptors (Lipinski definition) is 4. The first-order valence-electron chi connectivity index (χ1n) is 6.43. The van der Waals surface area contributed by atoms with E-state index in [1.54, 1.807) is 36.4 Å². The van der Waals surface area contributed by atoms with Gasteiger partial charge in [-0.15, -0.1) is 0 Å². The zero-order valence-corrected chi connectivity index (χ0v) is 11.1. The minimum atomic E-state index is -0.208. The molecule has 6 nitrogen and oxygen atoms in total. The van der Waals surface area contributed by atoms with Crippen LogP contribution in [0.3, 0.4) is 0 Å². The fourth-order valence-corrected chi connectivity index (χ4v) is 2.13. The zero-order chi connectivity index (χ0) is 14.8. The van der Waals surface area contributed by atoms with Crippen LogP contribution in [0.15, 0.2) is 42.5 Å². The van der Waals surface area contributed by atoms with Crippen molar-refractivity contribution in [2.45, 2.75) is 6.54 Å². The van der Waals surface area contributed by atoms with E-state index < -0.39 is 0 Å². The highest BCUT2D eigenvalue weighted by molar-refractivity contribution is 6.00. The molecule has 0 aliphatic carbocycles. The topological polar surface area (TPSA) is 104 Å². The maximum atomic E-state index is 12.1. The Hall–Kier alpha value is -3.02. The van der Waals surface area contributed by atoms with Crippen LogP contribution in [0, 0.1) is 0 Å². The van der Waals surface area contributed by atoms with Crippen LogP contribution in [0.5, 0.6) is 5.75 Å². The highest BCUT2D eigenvalue weighted by atomic mass is 16.3. The molecule has 0 saturated carbocycles. The van der Waals surface area contributed by atoms with Crippen molar-refractivity contribution >= 4 is 22.6 Å². The lowest BCUT2D eigenvalue weighted by atomic mass is 10.1. The predicted octanol–water partition coefficient (Wildman–Crippen LogP) is 1.78. The molecule has 6 heteroatoms. The summed E-state index contributed by atoms with van der Waals surface area (Å²) in [5.41, 5.74) is 7.85. The molecule has 21 heavy (non-hydrogen) atoms. The van der Waals surface area contributed by atoms with Gasteiger partial charge < -0.3 is 16.2 Å². The van der Waals surface area contributed by atoms with Crippen molar-refractivity contribution in [3.8, 4) is 5.75 Å². The van der Waals surface area contributed by atoms with Crippen LogP contribution in [-0.2, 0) is 6.54 Å². The Kier molecular flexibility index (Phi) is 3.19. The van der Waals surface area contributed by atoms with E-state index in [-0.39, 0.29) is 11.7 Å². The van der Waals surface area contributed by atoms with Gasteiger partial charge in [0, 0.05) is 17.5 Å². The Bertz CT molecular complexity index is 810. The van der Waals surface area contributed by atoms with Crippen LogP contribution in [0.25, 0.3) is 10.9 Å². The largest absolute Gasteiger partial charge is 0.508 e. The summed E-state index contributed by atoms with van der Waals surface area (Å²) >= 11 is 0. The van der Waals surface area contributed by atoms with Crippen molar-refractivity contribution in [1.82, 2.24) is 15.5 Å². The molecule has 0 unspecified atom stereocenters. The van der Waals surface area contributed by atoms with Crippen LogP contribution >= 0.6 is 0 Å². The molecule has 0 aliphatic rings. The second-order valence-corrected chi connectivity index (χ2v) is 4.72. The van der Waals surface area contributed by atoms with Crippen LogP contribution in [0.2, 0.25) is 0 Å². The van der Waals surface area contributed by atoms with Crippen LogP contribution in [-0.4, -0.2) is 21.2 Å². The first kappa shape index (κ1) is 13.0. The molecule has 1 amide bonds. The third-order valence-corrected chi connectivity index (χ3v) is 3.22. The van der Waals surface area contributed by atoms with Gasteiger partial charge in [-0.25, -0.2) is 0 Å². The molecule has 0 bridgehead atoms. The molecule has 0 atom stereocenters. The molecular formula is C15H14N4O2. The van der Waals surface area contributed by atoms with Crippen molar-refractivity contribution in [3.05, 3.63) is 53.6 Å². The number of aromatic hydroxyl groups is 1. The van der Waals surface area contributed by atoms with E-state index in [9.17, 15) is 9.90 Å². The number of benzene rings is 2. The number of carbonyl (C=O) groups excluding carboxylic acids is 1. The average Bonchev–Trinajstić information content (AvgIpc) is 2.86. The number of fused-ring (bicyclic) bond motifs is 1. The Balaban J connectivity index is 1.76. The first-order valence-corrected chi connectivity index (χ1v) is 6.43. The number of anilines is 1. The SMILES string of the molecule is Nc1n[nH]c2ccc(C(=O)NCc3cccc(O)c3)cc12. The van der Waals surface area contributed by atoms with Gasteiger partial charge in [-0.1, -0.05) is 12.1 Å². The summed E-state index contributed by atoms with van der Waals surface area (Å²) in [4.78, 5) is 12.1. The molecule has 3 aromatic rings. The second kappa shape index (κ2) is 5.16. The fraction of sp³-hybridized carbons (Fsp3) is 0.0667. The standard InChI is InChI=1S/C15H14N4O2/c16-14-12-7-10(4-5-13(12)18-19-14)15(21)17-8-9-2-1-3-11(20)6-9/h1-7,20H,8H2,(H,17,21)(H3,16,18,19). The second-order valence-electron chi connectivity index (χ2n) is 4.72. The molecule has 106 valence electrons. The number of nitrogens with zero attached hydrogens (tertiary/aromatic N) is 1. The zero-order valence-electron chi connectivity index (χ0n) is 11.1. The smallest absolute Gasteiger partial charge is 0.251 e. The number of nitrogens with two attached hydrogens (primary N) is 1. The molecule has 3 rings (SSSR count). The van der Waals surface area contributed by atoms with Crippen molar-refractivity contribution < 1.29 is 9.90 Å². The molecular weight excluding hydrogens is 268 g/mol. The predicted molar refractivity (Wildman–Crippen MR) is 79.8 cm³/mol. The monoisotopic (exact) mass is 282 g/mol. The van der Waals surface area contributed by atoms with Gasteiger partial charge in [-0.2, -0.15) is 5.10 Å². The van der Waals surface area contributed by atoms with E-state index >= 15 is 0 Å². The number of H-pyrrole nitrogens is 1. The molecule has 1 aromatic heterocycles. The summed E-state index contributed by atoms with van der Waals surface area (Å²) in [6.07, 6.45) is 0. The van der Waals surface area contributed by atoms with E-state index in [1.807, 2.05) is 6.07 Å². The minimum absolute atomic E-state index is 0.175. The summed E-state index contributed by atoms with van der Waals surface area (Å²) in [5.74, 6) is 0.336. The summed E-state index contributed by atoms with van der Waals surface area (Å²) in [6, 6.07) is 11.9. The van der Waals surface area contributed by atoms with Gasteiger partial charge >= 0.3 is 0 Å². The van der Waals surface area contributed by atoms with Crippen LogP contribution < -0.4 is 11.1 Å². The maximum absolute atomic E-state index is 12.1. The van der Waals surface area contributed by atoms with Gasteiger partial charge in [-0.05, 0) is 35.9 Å². The van der Waals surface area contributed by atoms with Crippen molar-refractivity contribution in [1.29, 1.82) is 0 Å². The highest BCUT2D eigenvalue weighted by Crippen LogP contribution is 2.19.